The summed E-state index contributed by atoms with van der Waals surface area (Å²) < 4.78 is 69.8. The lowest BCUT2D eigenvalue weighted by Crippen LogP contribution is -2.41. The second kappa shape index (κ2) is 12.6. The molecule has 0 radical (unpaired) electrons. The Morgan fingerprint density at radius 3 is 2.69 bits per heavy atom. The number of carbonyl (C=O) groups excluding carboxylic acids is 1. The van der Waals surface area contributed by atoms with Crippen LogP contribution in [0.25, 0.3) is 11.0 Å². The number of likely N-dealkylation sites (tertiary alicyclic amines) is 1. The molecule has 0 bridgehead atoms. The Morgan fingerprint density at radius 2 is 2.00 bits per heavy atom. The largest absolute Gasteiger partial charge is 0.495 e. The quantitative estimate of drug-likeness (QED) is 0.393. The third-order valence-corrected chi connectivity index (χ3v) is 8.29. The van der Waals surface area contributed by atoms with Crippen molar-refractivity contribution in [1.82, 2.24) is 19.8 Å². The molecule has 1 aromatic heterocycles. The molecule has 42 heavy (non-hydrogen) atoms. The third kappa shape index (κ3) is 7.74. The summed E-state index contributed by atoms with van der Waals surface area (Å²) in [6, 6.07) is 7.36. The molecule has 1 aliphatic heterocycles. The van der Waals surface area contributed by atoms with E-state index in [9.17, 15) is 26.4 Å². The number of methoxy groups -OCH3 is 1. The Morgan fingerprint density at radius 1 is 1.24 bits per heavy atom. The predicted octanol–water partition coefficient (Wildman–Crippen LogP) is 3.93. The highest BCUT2D eigenvalue weighted by atomic mass is 32.2. The van der Waals surface area contributed by atoms with Crippen LogP contribution in [0.4, 0.5) is 18.9 Å². The van der Waals surface area contributed by atoms with Crippen LogP contribution in [0.1, 0.15) is 35.7 Å². The Bertz CT molecular complexity index is 1630. The molecular formula is C29H34F3N5O4S. The van der Waals surface area contributed by atoms with E-state index in [0.29, 0.717) is 17.0 Å². The van der Waals surface area contributed by atoms with Crippen molar-refractivity contribution >= 4 is 32.5 Å². The number of nitrogens with one attached hydrogen (secondary N) is 2. The maximum atomic E-state index is 13.5. The molecule has 2 atom stereocenters. The van der Waals surface area contributed by atoms with Crippen LogP contribution in [0.5, 0.6) is 5.75 Å². The molecule has 2 aromatic carbocycles. The summed E-state index contributed by atoms with van der Waals surface area (Å²) in [5.41, 5.74) is 1.36. The number of anilines is 1. The van der Waals surface area contributed by atoms with E-state index in [2.05, 4.69) is 39.3 Å². The molecule has 9 nitrogen and oxygen atoms in total. The SMILES string of the molecule is COc1cc(S(C)(=O)=O)ccc1NCC#Cc1cc(C(=O)N[C@@H]2CCCN(C)C[C@H]2C)c2ncn(CC(F)(F)F)c2c1. The summed E-state index contributed by atoms with van der Waals surface area (Å²) in [5.74, 6) is 5.94. The topological polar surface area (TPSA) is 106 Å². The van der Waals surface area contributed by atoms with Gasteiger partial charge in [-0.05, 0) is 56.6 Å². The zero-order valence-electron chi connectivity index (χ0n) is 23.9. The van der Waals surface area contributed by atoms with Crippen molar-refractivity contribution in [1.29, 1.82) is 0 Å². The fourth-order valence-electron chi connectivity index (χ4n) is 5.10. The van der Waals surface area contributed by atoms with Crippen molar-refractivity contribution in [2.24, 2.45) is 5.92 Å². The number of nitrogens with zero attached hydrogens (tertiary/aromatic N) is 3. The summed E-state index contributed by atoms with van der Waals surface area (Å²) >= 11 is 0. The van der Waals surface area contributed by atoms with Gasteiger partial charge in [-0.1, -0.05) is 18.8 Å². The molecule has 0 aliphatic carbocycles. The Kier molecular flexibility index (Phi) is 9.37. The number of carbonyl (C=O) groups is 1. The molecule has 2 N–H and O–H groups in total. The minimum Gasteiger partial charge on any atom is -0.495 e. The van der Waals surface area contributed by atoms with Crippen molar-refractivity contribution in [3.8, 4) is 17.6 Å². The maximum absolute atomic E-state index is 13.5. The van der Waals surface area contributed by atoms with Crippen LogP contribution in [0.2, 0.25) is 0 Å². The molecule has 226 valence electrons. The van der Waals surface area contributed by atoms with E-state index < -0.39 is 28.5 Å². The molecule has 4 rings (SSSR count). The molecular weight excluding hydrogens is 571 g/mol. The number of alkyl halides is 3. The van der Waals surface area contributed by atoms with Crippen molar-refractivity contribution in [3.05, 3.63) is 47.8 Å². The van der Waals surface area contributed by atoms with E-state index in [0.717, 1.165) is 43.1 Å². The first kappa shape index (κ1) is 31.2. The second-order valence-electron chi connectivity index (χ2n) is 10.6. The number of rotatable bonds is 7. The van der Waals surface area contributed by atoms with E-state index in [1.807, 2.05) is 7.05 Å². The van der Waals surface area contributed by atoms with Crippen LogP contribution in [-0.4, -0.2) is 81.0 Å². The average Bonchev–Trinajstić information content (AvgIpc) is 3.22. The normalized spacial score (nSPS) is 18.2. The molecule has 3 aromatic rings. The van der Waals surface area contributed by atoms with Crippen LogP contribution in [0, 0.1) is 17.8 Å². The molecule has 0 saturated carbocycles. The maximum Gasteiger partial charge on any atom is 0.406 e. The summed E-state index contributed by atoms with van der Waals surface area (Å²) in [7, 11) is 0.0341. The van der Waals surface area contributed by atoms with Gasteiger partial charge < -0.3 is 24.8 Å². The highest BCUT2D eigenvalue weighted by Crippen LogP contribution is 2.28. The Hall–Kier alpha value is -3.76. The van der Waals surface area contributed by atoms with Crippen LogP contribution in [0.15, 0.2) is 41.6 Å². The van der Waals surface area contributed by atoms with Gasteiger partial charge in [0.25, 0.3) is 5.91 Å². The van der Waals surface area contributed by atoms with Gasteiger partial charge in [-0.2, -0.15) is 13.2 Å². The van der Waals surface area contributed by atoms with E-state index in [1.165, 1.54) is 25.3 Å². The monoisotopic (exact) mass is 605 g/mol. The van der Waals surface area contributed by atoms with Crippen molar-refractivity contribution in [2.75, 3.05) is 45.4 Å². The van der Waals surface area contributed by atoms with Crippen LogP contribution >= 0.6 is 0 Å². The molecule has 1 fully saturated rings. The minimum atomic E-state index is -4.48. The lowest BCUT2D eigenvalue weighted by molar-refractivity contribution is -0.139. The van der Waals surface area contributed by atoms with E-state index in [-0.39, 0.29) is 40.0 Å². The molecule has 1 saturated heterocycles. The number of hydrogen-bond acceptors (Lipinski definition) is 7. The highest BCUT2D eigenvalue weighted by Gasteiger charge is 2.30. The number of sulfone groups is 1. The number of ether oxygens (including phenoxy) is 1. The average molecular weight is 606 g/mol. The van der Waals surface area contributed by atoms with Crippen molar-refractivity contribution in [2.45, 2.75) is 43.4 Å². The predicted molar refractivity (Wildman–Crippen MR) is 154 cm³/mol. The number of fused-ring (bicyclic) bond motifs is 1. The molecule has 1 aliphatic rings. The highest BCUT2D eigenvalue weighted by molar-refractivity contribution is 7.90. The van der Waals surface area contributed by atoms with Crippen LogP contribution in [0.3, 0.4) is 0 Å². The molecule has 2 heterocycles. The lowest BCUT2D eigenvalue weighted by atomic mass is 9.98. The lowest BCUT2D eigenvalue weighted by Gasteiger charge is -2.24. The minimum absolute atomic E-state index is 0.0854. The van der Waals surface area contributed by atoms with E-state index >= 15 is 0 Å². The molecule has 13 heteroatoms. The zero-order valence-corrected chi connectivity index (χ0v) is 24.7. The van der Waals surface area contributed by atoms with Crippen LogP contribution in [-0.2, 0) is 16.4 Å². The number of aromatic nitrogens is 2. The summed E-state index contributed by atoms with van der Waals surface area (Å²) in [4.78, 5) is 20.0. The van der Waals surface area contributed by atoms with E-state index in [4.69, 9.17) is 4.74 Å². The Labute approximate surface area is 243 Å². The van der Waals surface area contributed by atoms with Gasteiger partial charge in [0.1, 0.15) is 17.8 Å². The van der Waals surface area contributed by atoms with Gasteiger partial charge in [-0.3, -0.25) is 4.79 Å². The van der Waals surface area contributed by atoms with Gasteiger partial charge in [0.15, 0.2) is 9.84 Å². The van der Waals surface area contributed by atoms with Crippen molar-refractivity contribution < 1.29 is 31.1 Å². The fourth-order valence-corrected chi connectivity index (χ4v) is 5.73. The van der Waals surface area contributed by atoms with Gasteiger partial charge >= 0.3 is 6.18 Å². The number of hydrogen-bond donors (Lipinski definition) is 2. The third-order valence-electron chi connectivity index (χ3n) is 7.18. The van der Waals surface area contributed by atoms with Gasteiger partial charge in [0.05, 0.1) is 41.6 Å². The summed E-state index contributed by atoms with van der Waals surface area (Å²) in [6.45, 7) is 2.68. The standard InChI is InChI=1S/C29H34F3N5O4S/c1-19-16-36(2)12-6-8-23(19)35-28(38)22-13-20(14-25-27(22)34-18-37(25)17-29(30,31)32)7-5-11-33-24-10-9-21(42(4,39)40)15-26(24)41-3/h9-10,13-15,18-19,23,33H,6,8,11-12,16-17H2,1-4H3,(H,35,38)/t19-,23-/m1/s1. The first-order chi connectivity index (χ1) is 19.7. The summed E-state index contributed by atoms with van der Waals surface area (Å²) in [5, 5.41) is 6.14. The van der Waals surface area contributed by atoms with Crippen molar-refractivity contribution in [3.63, 3.8) is 0 Å². The number of benzene rings is 2. The summed E-state index contributed by atoms with van der Waals surface area (Å²) in [6.07, 6.45) is -0.578. The van der Waals surface area contributed by atoms with Crippen LogP contribution < -0.4 is 15.4 Å². The molecule has 1 amide bonds. The first-order valence-corrected chi connectivity index (χ1v) is 15.3. The molecule has 0 spiro atoms. The van der Waals surface area contributed by atoms with E-state index in [1.54, 1.807) is 12.1 Å². The second-order valence-corrected chi connectivity index (χ2v) is 12.6. The molecule has 0 unspecified atom stereocenters. The van der Waals surface area contributed by atoms with Gasteiger partial charge in [-0.25, -0.2) is 13.4 Å². The smallest absolute Gasteiger partial charge is 0.406 e. The van der Waals surface area contributed by atoms with Gasteiger partial charge in [-0.15, -0.1) is 0 Å². The number of amides is 1. The van der Waals surface area contributed by atoms with Gasteiger partial charge in [0.2, 0.25) is 0 Å². The zero-order chi connectivity index (χ0) is 30.7. The number of imidazole rings is 1. The Balaban J connectivity index is 1.62. The first-order valence-electron chi connectivity index (χ1n) is 13.4. The van der Waals surface area contributed by atoms with Gasteiger partial charge in [0, 0.05) is 30.5 Å². The number of halogens is 3. The fraction of sp³-hybridized carbons (Fsp3) is 0.448.